The normalized spacial score (nSPS) is 12.1. The minimum absolute atomic E-state index is 0.0490. The van der Waals surface area contributed by atoms with E-state index >= 15 is 0 Å². The average molecular weight is 423 g/mol. The Morgan fingerprint density at radius 2 is 1.72 bits per heavy atom. The fraction of sp³-hybridized carbons (Fsp3) is 0.350. The maximum absolute atomic E-state index is 12.3. The predicted octanol–water partition coefficient (Wildman–Crippen LogP) is 1.42. The van der Waals surface area contributed by atoms with Gasteiger partial charge in [-0.05, 0) is 29.8 Å². The van der Waals surface area contributed by atoms with Crippen LogP contribution in [0.25, 0.3) is 0 Å². The van der Waals surface area contributed by atoms with Crippen molar-refractivity contribution in [2.45, 2.75) is 11.9 Å². The summed E-state index contributed by atoms with van der Waals surface area (Å²) in [4.78, 5) is 12.3. The van der Waals surface area contributed by atoms with Gasteiger partial charge in [0.05, 0.1) is 20.0 Å². The molecule has 1 amide bonds. The fourth-order valence-electron chi connectivity index (χ4n) is 2.62. The molecule has 0 bridgehead atoms. The van der Waals surface area contributed by atoms with Crippen LogP contribution in [0.2, 0.25) is 0 Å². The van der Waals surface area contributed by atoms with Crippen molar-refractivity contribution in [2.24, 2.45) is 0 Å². The highest BCUT2D eigenvalue weighted by molar-refractivity contribution is 7.89. The van der Waals surface area contributed by atoms with Crippen LogP contribution in [0.3, 0.4) is 0 Å². The maximum atomic E-state index is 12.3. The van der Waals surface area contributed by atoms with E-state index in [1.807, 2.05) is 0 Å². The molecule has 2 aromatic rings. The van der Waals surface area contributed by atoms with Crippen LogP contribution >= 0.6 is 0 Å². The summed E-state index contributed by atoms with van der Waals surface area (Å²) in [6.07, 6.45) is 0.153. The predicted molar refractivity (Wildman–Crippen MR) is 108 cm³/mol. The van der Waals surface area contributed by atoms with E-state index in [4.69, 9.17) is 14.2 Å². The number of aliphatic hydroxyl groups is 1. The average Bonchev–Trinajstić information content (AvgIpc) is 2.68. The van der Waals surface area contributed by atoms with E-state index in [2.05, 4.69) is 5.32 Å². The smallest absolute Gasteiger partial charge is 0.251 e. The molecular formula is C20H25NO7S. The molecule has 0 radical (unpaired) electrons. The number of methoxy groups -OCH3 is 2. The summed E-state index contributed by atoms with van der Waals surface area (Å²) in [5, 5.41) is 12.7. The number of rotatable bonds is 10. The molecule has 0 heterocycles. The Hall–Kier alpha value is -2.78. The van der Waals surface area contributed by atoms with Gasteiger partial charge in [-0.1, -0.05) is 18.2 Å². The van der Waals surface area contributed by atoms with Crippen LogP contribution in [0.4, 0.5) is 0 Å². The number of benzene rings is 2. The van der Waals surface area contributed by atoms with Crippen LogP contribution in [0.1, 0.15) is 15.9 Å². The topological polar surface area (TPSA) is 111 Å². The molecule has 29 heavy (non-hydrogen) atoms. The Bertz CT molecular complexity index is 921. The number of carbonyl (C=O) groups is 1. The highest BCUT2D eigenvalue weighted by Crippen LogP contribution is 2.36. The number of nitrogens with one attached hydrogen (secondary N) is 1. The fourth-order valence-corrected chi connectivity index (χ4v) is 3.40. The van der Waals surface area contributed by atoms with E-state index in [9.17, 15) is 18.3 Å². The van der Waals surface area contributed by atoms with Crippen LogP contribution in [0, 0.1) is 0 Å². The number of carbonyl (C=O) groups excluding carboxylic acids is 1. The van der Waals surface area contributed by atoms with Crippen molar-refractivity contribution in [2.75, 3.05) is 33.6 Å². The van der Waals surface area contributed by atoms with Crippen LogP contribution < -0.4 is 19.5 Å². The SMILES string of the molecule is COc1cccc(OC)c1OCC(O)CNC(=O)c1cccc(CS(C)(=O)=O)c1. The van der Waals surface area contributed by atoms with Crippen molar-refractivity contribution < 1.29 is 32.5 Å². The molecule has 0 spiro atoms. The second-order valence-electron chi connectivity index (χ2n) is 6.44. The van der Waals surface area contributed by atoms with Crippen molar-refractivity contribution >= 4 is 15.7 Å². The van der Waals surface area contributed by atoms with Gasteiger partial charge in [0.15, 0.2) is 21.3 Å². The minimum Gasteiger partial charge on any atom is -0.493 e. The van der Waals surface area contributed by atoms with Gasteiger partial charge in [0.1, 0.15) is 12.7 Å². The molecule has 0 saturated heterocycles. The Morgan fingerprint density at radius 1 is 1.10 bits per heavy atom. The number of hydrogen-bond acceptors (Lipinski definition) is 7. The van der Waals surface area contributed by atoms with Gasteiger partial charge >= 0.3 is 0 Å². The summed E-state index contributed by atoms with van der Waals surface area (Å²) >= 11 is 0. The zero-order valence-corrected chi connectivity index (χ0v) is 17.4. The Kier molecular flexibility index (Phi) is 7.86. The molecule has 2 aromatic carbocycles. The molecule has 0 saturated carbocycles. The molecule has 0 aliphatic carbocycles. The molecule has 2 N–H and O–H groups in total. The molecule has 9 heteroatoms. The standard InChI is InChI=1S/C20H25NO7S/c1-26-17-8-5-9-18(27-2)19(17)28-12-16(22)11-21-20(23)15-7-4-6-14(10-15)13-29(3,24)25/h4-10,16,22H,11-13H2,1-3H3,(H,21,23). The van der Waals surface area contributed by atoms with Gasteiger partial charge in [0, 0.05) is 18.4 Å². The lowest BCUT2D eigenvalue weighted by molar-refractivity contribution is 0.0833. The van der Waals surface area contributed by atoms with Crippen molar-refractivity contribution in [3.63, 3.8) is 0 Å². The second-order valence-corrected chi connectivity index (χ2v) is 8.58. The maximum Gasteiger partial charge on any atom is 0.251 e. The van der Waals surface area contributed by atoms with Gasteiger partial charge in [-0.15, -0.1) is 0 Å². The van der Waals surface area contributed by atoms with E-state index in [1.165, 1.54) is 20.3 Å². The van der Waals surface area contributed by atoms with Gasteiger partial charge in [-0.2, -0.15) is 0 Å². The summed E-state index contributed by atoms with van der Waals surface area (Å²) in [5.74, 6) is 0.711. The molecule has 8 nitrogen and oxygen atoms in total. The van der Waals surface area contributed by atoms with Crippen LogP contribution in [0.5, 0.6) is 17.2 Å². The quantitative estimate of drug-likeness (QED) is 0.594. The van der Waals surface area contributed by atoms with Crippen LogP contribution in [-0.4, -0.2) is 59.2 Å². The second kappa shape index (κ2) is 10.1. The van der Waals surface area contributed by atoms with Gasteiger partial charge in [-0.25, -0.2) is 8.42 Å². The van der Waals surface area contributed by atoms with E-state index in [-0.39, 0.29) is 18.9 Å². The molecule has 0 fully saturated rings. The summed E-state index contributed by atoms with van der Waals surface area (Å²) in [6.45, 7) is -0.141. The Morgan fingerprint density at radius 3 is 2.31 bits per heavy atom. The lowest BCUT2D eigenvalue weighted by atomic mass is 10.1. The van der Waals surface area contributed by atoms with Crippen LogP contribution in [0.15, 0.2) is 42.5 Å². The van der Waals surface area contributed by atoms with E-state index in [1.54, 1.807) is 36.4 Å². The number of para-hydroxylation sites is 1. The van der Waals surface area contributed by atoms with E-state index in [0.29, 0.717) is 28.4 Å². The molecule has 1 atom stereocenters. The lowest BCUT2D eigenvalue weighted by Gasteiger charge is -2.17. The zero-order valence-electron chi connectivity index (χ0n) is 16.5. The summed E-state index contributed by atoms with van der Waals surface area (Å²) in [7, 11) is -0.207. The first-order valence-corrected chi connectivity index (χ1v) is 10.9. The van der Waals surface area contributed by atoms with Gasteiger partial charge in [0.25, 0.3) is 5.91 Å². The van der Waals surface area contributed by atoms with E-state index in [0.717, 1.165) is 6.26 Å². The van der Waals surface area contributed by atoms with Crippen molar-refractivity contribution in [1.82, 2.24) is 5.32 Å². The molecule has 1 unspecified atom stereocenters. The number of sulfone groups is 1. The largest absolute Gasteiger partial charge is 0.493 e. The summed E-state index contributed by atoms with van der Waals surface area (Å²) in [6, 6.07) is 11.5. The first-order valence-electron chi connectivity index (χ1n) is 8.80. The van der Waals surface area contributed by atoms with Gasteiger partial charge < -0.3 is 24.6 Å². The first kappa shape index (κ1) is 22.5. The molecule has 0 aliphatic rings. The Balaban J connectivity index is 1.92. The minimum atomic E-state index is -3.20. The number of aliphatic hydroxyl groups excluding tert-OH is 1. The monoisotopic (exact) mass is 423 g/mol. The number of ether oxygens (including phenoxy) is 3. The molecule has 0 aromatic heterocycles. The zero-order chi connectivity index (χ0) is 21.4. The van der Waals surface area contributed by atoms with Crippen molar-refractivity contribution in [1.29, 1.82) is 0 Å². The third-order valence-corrected chi connectivity index (χ3v) is 4.78. The van der Waals surface area contributed by atoms with Crippen LogP contribution in [-0.2, 0) is 15.6 Å². The molecular weight excluding hydrogens is 398 g/mol. The molecule has 0 aliphatic heterocycles. The van der Waals surface area contributed by atoms with Gasteiger partial charge in [-0.3, -0.25) is 4.79 Å². The molecule has 2 rings (SSSR count). The highest BCUT2D eigenvalue weighted by atomic mass is 32.2. The summed E-state index contributed by atoms with van der Waals surface area (Å²) < 4.78 is 38.9. The molecule has 158 valence electrons. The Labute approximate surface area is 170 Å². The third-order valence-electron chi connectivity index (χ3n) is 3.92. The number of amides is 1. The van der Waals surface area contributed by atoms with Crippen molar-refractivity contribution in [3.8, 4) is 17.2 Å². The first-order chi connectivity index (χ1) is 13.7. The summed E-state index contributed by atoms with van der Waals surface area (Å²) in [5.41, 5.74) is 0.831. The van der Waals surface area contributed by atoms with Crippen molar-refractivity contribution in [3.05, 3.63) is 53.6 Å². The van der Waals surface area contributed by atoms with E-state index < -0.39 is 21.8 Å². The highest BCUT2D eigenvalue weighted by Gasteiger charge is 2.15. The lowest BCUT2D eigenvalue weighted by Crippen LogP contribution is -2.35. The van der Waals surface area contributed by atoms with Gasteiger partial charge in [0.2, 0.25) is 5.75 Å². The third kappa shape index (κ3) is 6.95. The number of hydrogen-bond donors (Lipinski definition) is 2.